The minimum Gasteiger partial charge on any atom is -0.330 e. The number of alkyl halides is 1. The van der Waals surface area contributed by atoms with Crippen molar-refractivity contribution >= 4 is 11.8 Å². The van der Waals surface area contributed by atoms with E-state index in [0.29, 0.717) is 18.7 Å². The van der Waals surface area contributed by atoms with Crippen molar-refractivity contribution in [3.8, 4) is 0 Å². The Bertz CT molecular complexity index is 61.0. The fourth-order valence-corrected chi connectivity index (χ4v) is 1.17. The largest absolute Gasteiger partial charge is 0.330 e. The molecule has 0 radical (unpaired) electrons. The van der Waals surface area contributed by atoms with Crippen molar-refractivity contribution in [1.29, 1.82) is 0 Å². The van der Waals surface area contributed by atoms with Crippen LogP contribution in [0.5, 0.6) is 0 Å². The quantitative estimate of drug-likeness (QED) is 0.643. The van der Waals surface area contributed by atoms with Crippen LogP contribution in [-0.4, -0.2) is 24.2 Å². The molecule has 0 fully saturated rings. The second-order valence-corrected chi connectivity index (χ2v) is 3.15. The Hall–Kier alpha value is 0.240. The molecular weight excluding hydrogens is 137 g/mol. The summed E-state index contributed by atoms with van der Waals surface area (Å²) < 4.78 is 12.5. The van der Waals surface area contributed by atoms with E-state index in [-0.39, 0.29) is 0 Å². The van der Waals surface area contributed by atoms with Gasteiger partial charge in [0.15, 0.2) is 0 Å². The first kappa shape index (κ1) is 9.24. The predicted molar refractivity (Wildman–Crippen MR) is 41.6 cm³/mol. The molecule has 1 unspecified atom stereocenters. The Morgan fingerprint density at radius 1 is 1.67 bits per heavy atom. The van der Waals surface area contributed by atoms with Crippen molar-refractivity contribution < 1.29 is 4.39 Å². The topological polar surface area (TPSA) is 26.0 Å². The van der Waals surface area contributed by atoms with Crippen LogP contribution in [0.4, 0.5) is 4.39 Å². The van der Waals surface area contributed by atoms with Crippen LogP contribution in [-0.2, 0) is 0 Å². The molecule has 0 saturated carbocycles. The minimum absolute atomic E-state index is 0.464. The normalized spacial score (nSPS) is 13.7. The zero-order valence-corrected chi connectivity index (χ0v) is 6.59. The second kappa shape index (κ2) is 6.36. The van der Waals surface area contributed by atoms with E-state index in [1.54, 1.807) is 11.8 Å². The molecule has 9 heavy (non-hydrogen) atoms. The van der Waals surface area contributed by atoms with Gasteiger partial charge in [0.05, 0.1) is 0 Å². The number of rotatable bonds is 5. The van der Waals surface area contributed by atoms with Crippen LogP contribution in [0.2, 0.25) is 0 Å². The molecule has 0 aliphatic carbocycles. The lowest BCUT2D eigenvalue weighted by Crippen LogP contribution is -2.11. The van der Waals surface area contributed by atoms with Crippen molar-refractivity contribution in [2.75, 3.05) is 18.1 Å². The lowest BCUT2D eigenvalue weighted by Gasteiger charge is -2.03. The van der Waals surface area contributed by atoms with Crippen molar-refractivity contribution in [3.05, 3.63) is 0 Å². The van der Waals surface area contributed by atoms with E-state index in [9.17, 15) is 4.39 Å². The van der Waals surface area contributed by atoms with E-state index in [4.69, 9.17) is 5.73 Å². The van der Waals surface area contributed by atoms with Gasteiger partial charge in [-0.2, -0.15) is 11.8 Å². The van der Waals surface area contributed by atoms with Crippen LogP contribution in [0, 0.1) is 0 Å². The predicted octanol–water partition coefficient (Wildman–Crippen LogP) is 1.43. The molecule has 0 aromatic rings. The van der Waals surface area contributed by atoms with Crippen molar-refractivity contribution in [1.82, 2.24) is 0 Å². The van der Waals surface area contributed by atoms with Crippen molar-refractivity contribution in [3.63, 3.8) is 0 Å². The van der Waals surface area contributed by atoms with E-state index in [2.05, 4.69) is 0 Å². The standard InChI is InChI=1S/C6H14FNS/c1-2-9-5-6(7)3-4-8/h6H,2-5,8H2,1H3. The van der Waals surface area contributed by atoms with Gasteiger partial charge < -0.3 is 5.73 Å². The maximum atomic E-state index is 12.5. The fraction of sp³-hybridized carbons (Fsp3) is 1.00. The molecule has 1 nitrogen and oxygen atoms in total. The number of nitrogens with two attached hydrogens (primary N) is 1. The Kier molecular flexibility index (Phi) is 6.53. The van der Waals surface area contributed by atoms with Crippen LogP contribution < -0.4 is 5.73 Å². The summed E-state index contributed by atoms with van der Waals surface area (Å²) in [5, 5.41) is 0. The number of thioether (sulfide) groups is 1. The smallest absolute Gasteiger partial charge is 0.110 e. The summed E-state index contributed by atoms with van der Waals surface area (Å²) in [7, 11) is 0. The van der Waals surface area contributed by atoms with Gasteiger partial charge in [-0.25, -0.2) is 4.39 Å². The molecule has 1 atom stereocenters. The Labute approximate surface area is 60.2 Å². The van der Waals surface area contributed by atoms with Crippen LogP contribution in [0.3, 0.4) is 0 Å². The molecule has 0 saturated heterocycles. The van der Waals surface area contributed by atoms with Gasteiger partial charge >= 0.3 is 0 Å². The molecule has 0 aromatic carbocycles. The van der Waals surface area contributed by atoms with Crippen LogP contribution >= 0.6 is 11.8 Å². The third-order valence-electron chi connectivity index (χ3n) is 0.983. The molecule has 0 aliphatic rings. The molecule has 0 spiro atoms. The summed E-state index contributed by atoms with van der Waals surface area (Å²) in [5.41, 5.74) is 5.15. The number of hydrogen-bond donors (Lipinski definition) is 1. The van der Waals surface area contributed by atoms with E-state index in [1.807, 2.05) is 6.92 Å². The highest BCUT2D eigenvalue weighted by atomic mass is 32.2. The lowest BCUT2D eigenvalue weighted by atomic mass is 10.3. The average molecular weight is 151 g/mol. The Morgan fingerprint density at radius 3 is 2.78 bits per heavy atom. The first-order valence-corrected chi connectivity index (χ1v) is 4.38. The van der Waals surface area contributed by atoms with E-state index in [0.717, 1.165) is 5.75 Å². The van der Waals surface area contributed by atoms with Gasteiger partial charge in [0.1, 0.15) is 6.17 Å². The Balaban J connectivity index is 2.95. The van der Waals surface area contributed by atoms with Gasteiger partial charge in [-0.3, -0.25) is 0 Å². The number of hydrogen-bond acceptors (Lipinski definition) is 2. The SMILES string of the molecule is CCSCC(F)CCN. The van der Waals surface area contributed by atoms with E-state index < -0.39 is 6.17 Å². The third-order valence-corrected chi connectivity index (χ3v) is 1.99. The lowest BCUT2D eigenvalue weighted by molar-refractivity contribution is 0.351. The summed E-state index contributed by atoms with van der Waals surface area (Å²) >= 11 is 1.63. The Morgan fingerprint density at radius 2 is 2.33 bits per heavy atom. The maximum Gasteiger partial charge on any atom is 0.110 e. The highest BCUT2D eigenvalue weighted by molar-refractivity contribution is 7.99. The second-order valence-electron chi connectivity index (χ2n) is 1.83. The molecule has 0 heterocycles. The first-order chi connectivity index (χ1) is 4.31. The van der Waals surface area contributed by atoms with Gasteiger partial charge in [0.25, 0.3) is 0 Å². The summed E-state index contributed by atoms with van der Waals surface area (Å²) in [6, 6.07) is 0. The molecule has 0 aliphatic heterocycles. The van der Waals surface area contributed by atoms with Crippen molar-refractivity contribution in [2.45, 2.75) is 19.5 Å². The van der Waals surface area contributed by atoms with Crippen LogP contribution in [0.1, 0.15) is 13.3 Å². The third kappa shape index (κ3) is 6.12. The van der Waals surface area contributed by atoms with Gasteiger partial charge in [-0.15, -0.1) is 0 Å². The molecule has 56 valence electrons. The van der Waals surface area contributed by atoms with Gasteiger partial charge in [-0.1, -0.05) is 6.92 Å². The molecular formula is C6H14FNS. The van der Waals surface area contributed by atoms with E-state index in [1.165, 1.54) is 0 Å². The summed E-state index contributed by atoms with van der Waals surface area (Å²) in [5.74, 6) is 1.60. The van der Waals surface area contributed by atoms with Gasteiger partial charge in [0.2, 0.25) is 0 Å². The highest BCUT2D eigenvalue weighted by Crippen LogP contribution is 2.06. The average Bonchev–Trinajstić information content (AvgIpc) is 1.85. The number of halogens is 1. The molecule has 0 amide bonds. The molecule has 0 rings (SSSR count). The minimum atomic E-state index is -0.694. The molecule has 2 N–H and O–H groups in total. The fourth-order valence-electron chi connectivity index (χ4n) is 0.510. The summed E-state index contributed by atoms with van der Waals surface area (Å²) in [6.07, 6.45) is -0.188. The van der Waals surface area contributed by atoms with Gasteiger partial charge in [-0.05, 0) is 18.7 Å². The van der Waals surface area contributed by atoms with Crippen LogP contribution in [0.25, 0.3) is 0 Å². The monoisotopic (exact) mass is 151 g/mol. The molecule has 3 heteroatoms. The summed E-state index contributed by atoms with van der Waals surface area (Å²) in [6.45, 7) is 2.49. The maximum absolute atomic E-state index is 12.5. The highest BCUT2D eigenvalue weighted by Gasteiger charge is 2.02. The summed E-state index contributed by atoms with van der Waals surface area (Å²) in [4.78, 5) is 0. The zero-order chi connectivity index (χ0) is 7.11. The van der Waals surface area contributed by atoms with E-state index >= 15 is 0 Å². The molecule has 0 bridgehead atoms. The molecule has 0 aromatic heterocycles. The van der Waals surface area contributed by atoms with Crippen LogP contribution in [0.15, 0.2) is 0 Å². The van der Waals surface area contributed by atoms with Crippen molar-refractivity contribution in [2.24, 2.45) is 5.73 Å². The first-order valence-electron chi connectivity index (χ1n) is 3.23. The van der Waals surface area contributed by atoms with Gasteiger partial charge in [0, 0.05) is 5.75 Å². The zero-order valence-electron chi connectivity index (χ0n) is 5.77.